The Morgan fingerprint density at radius 3 is 2.28 bits per heavy atom. The first-order valence-electron chi connectivity index (χ1n) is 9.14. The van der Waals surface area contributed by atoms with Crippen molar-refractivity contribution in [3.05, 3.63) is 65.7 Å². The lowest BCUT2D eigenvalue weighted by atomic mass is 10.2. The van der Waals surface area contributed by atoms with Crippen LogP contribution in [0.4, 0.5) is 5.69 Å². The smallest absolute Gasteiger partial charge is 0.244 e. The third-order valence-corrected chi connectivity index (χ3v) is 4.04. The van der Waals surface area contributed by atoms with E-state index in [1.54, 1.807) is 44.4 Å². The quantitative estimate of drug-likeness (QED) is 0.598. The van der Waals surface area contributed by atoms with E-state index >= 15 is 0 Å². The maximum atomic E-state index is 12.2. The van der Waals surface area contributed by atoms with E-state index < -0.39 is 6.04 Å². The summed E-state index contributed by atoms with van der Waals surface area (Å²) in [5.74, 6) is -0.0522. The zero-order valence-corrected chi connectivity index (χ0v) is 16.7. The molecule has 0 aliphatic carbocycles. The SMILES string of the molecule is COc1ccc(/C=C/C(=O)NC(C)C(=O)NCc2ccc(NC(C)=O)cc2)cc1. The van der Waals surface area contributed by atoms with Crippen molar-refractivity contribution in [1.82, 2.24) is 10.6 Å². The molecule has 7 nitrogen and oxygen atoms in total. The largest absolute Gasteiger partial charge is 0.497 e. The van der Waals surface area contributed by atoms with Crippen LogP contribution in [-0.4, -0.2) is 30.9 Å². The second-order valence-electron chi connectivity index (χ2n) is 6.43. The summed E-state index contributed by atoms with van der Waals surface area (Å²) in [6.07, 6.45) is 3.04. The molecule has 0 saturated heterocycles. The van der Waals surface area contributed by atoms with E-state index in [1.807, 2.05) is 24.3 Å². The zero-order chi connectivity index (χ0) is 21.2. The van der Waals surface area contributed by atoms with E-state index in [1.165, 1.54) is 13.0 Å². The molecule has 0 spiro atoms. The summed E-state index contributed by atoms with van der Waals surface area (Å²) in [4.78, 5) is 35.2. The van der Waals surface area contributed by atoms with Crippen molar-refractivity contribution in [2.75, 3.05) is 12.4 Å². The van der Waals surface area contributed by atoms with Crippen LogP contribution >= 0.6 is 0 Å². The number of carbonyl (C=O) groups is 3. The third-order valence-electron chi connectivity index (χ3n) is 4.04. The predicted octanol–water partition coefficient (Wildman–Crippen LogP) is 2.49. The summed E-state index contributed by atoms with van der Waals surface area (Å²) < 4.78 is 5.09. The molecule has 0 saturated carbocycles. The van der Waals surface area contributed by atoms with E-state index in [2.05, 4.69) is 16.0 Å². The van der Waals surface area contributed by atoms with Crippen molar-refractivity contribution >= 4 is 29.5 Å². The molecule has 0 heterocycles. The van der Waals surface area contributed by atoms with E-state index in [-0.39, 0.29) is 17.7 Å². The minimum Gasteiger partial charge on any atom is -0.497 e. The molecule has 0 aromatic heterocycles. The second-order valence-corrected chi connectivity index (χ2v) is 6.43. The maximum Gasteiger partial charge on any atom is 0.244 e. The molecule has 152 valence electrons. The number of ether oxygens (including phenoxy) is 1. The highest BCUT2D eigenvalue weighted by Crippen LogP contribution is 2.12. The van der Waals surface area contributed by atoms with Gasteiger partial charge in [0.2, 0.25) is 17.7 Å². The second kappa shape index (κ2) is 10.7. The van der Waals surface area contributed by atoms with Gasteiger partial charge in [0.05, 0.1) is 7.11 Å². The first-order valence-corrected chi connectivity index (χ1v) is 9.14. The van der Waals surface area contributed by atoms with Crippen molar-refractivity contribution < 1.29 is 19.1 Å². The number of hydrogen-bond donors (Lipinski definition) is 3. The molecule has 0 aliphatic heterocycles. The summed E-state index contributed by atoms with van der Waals surface area (Å²) in [5, 5.41) is 8.08. The third kappa shape index (κ3) is 7.50. The molecule has 0 aliphatic rings. The first-order chi connectivity index (χ1) is 13.9. The molecule has 2 aromatic carbocycles. The van der Waals surface area contributed by atoms with Gasteiger partial charge in [-0.05, 0) is 48.4 Å². The van der Waals surface area contributed by atoms with Crippen LogP contribution in [0.15, 0.2) is 54.6 Å². The van der Waals surface area contributed by atoms with Crippen LogP contribution in [0.1, 0.15) is 25.0 Å². The van der Waals surface area contributed by atoms with Gasteiger partial charge in [-0.1, -0.05) is 24.3 Å². The van der Waals surface area contributed by atoms with Gasteiger partial charge in [-0.2, -0.15) is 0 Å². The molecular weight excluding hydrogens is 370 g/mol. The van der Waals surface area contributed by atoms with E-state index in [0.29, 0.717) is 12.2 Å². The van der Waals surface area contributed by atoms with E-state index in [4.69, 9.17) is 4.74 Å². The molecule has 29 heavy (non-hydrogen) atoms. The van der Waals surface area contributed by atoms with Gasteiger partial charge in [0.1, 0.15) is 11.8 Å². The Bertz CT molecular complexity index is 874. The average Bonchev–Trinajstić information content (AvgIpc) is 2.71. The minimum absolute atomic E-state index is 0.142. The fraction of sp³-hybridized carbons (Fsp3) is 0.227. The first kappa shape index (κ1) is 21.7. The molecule has 0 bridgehead atoms. The van der Waals surface area contributed by atoms with Crippen LogP contribution in [0.5, 0.6) is 5.75 Å². The highest BCUT2D eigenvalue weighted by atomic mass is 16.5. The van der Waals surface area contributed by atoms with Crippen molar-refractivity contribution in [2.45, 2.75) is 26.4 Å². The molecule has 3 amide bonds. The highest BCUT2D eigenvalue weighted by Gasteiger charge is 2.13. The number of methoxy groups -OCH3 is 1. The Kier molecular flexibility index (Phi) is 7.97. The Morgan fingerprint density at radius 1 is 1.03 bits per heavy atom. The summed E-state index contributed by atoms with van der Waals surface area (Å²) in [6.45, 7) is 3.38. The van der Waals surface area contributed by atoms with Crippen molar-refractivity contribution in [2.24, 2.45) is 0 Å². The molecule has 2 aromatic rings. The summed E-state index contributed by atoms with van der Waals surface area (Å²) >= 11 is 0. The molecule has 3 N–H and O–H groups in total. The molecular formula is C22H25N3O4. The zero-order valence-electron chi connectivity index (χ0n) is 16.7. The minimum atomic E-state index is -0.679. The Labute approximate surface area is 170 Å². The lowest BCUT2D eigenvalue weighted by Gasteiger charge is -2.13. The monoisotopic (exact) mass is 395 g/mol. The Morgan fingerprint density at radius 2 is 1.69 bits per heavy atom. The van der Waals surface area contributed by atoms with Gasteiger partial charge in [0.25, 0.3) is 0 Å². The highest BCUT2D eigenvalue weighted by molar-refractivity contribution is 5.95. The van der Waals surface area contributed by atoms with Crippen LogP contribution in [0.3, 0.4) is 0 Å². The molecule has 1 atom stereocenters. The van der Waals surface area contributed by atoms with Crippen LogP contribution in [0, 0.1) is 0 Å². The van der Waals surface area contributed by atoms with Gasteiger partial charge < -0.3 is 20.7 Å². The van der Waals surface area contributed by atoms with Gasteiger partial charge in [-0.15, -0.1) is 0 Å². The molecule has 0 radical (unpaired) electrons. The van der Waals surface area contributed by atoms with Crippen LogP contribution < -0.4 is 20.7 Å². The van der Waals surface area contributed by atoms with Crippen LogP contribution in [0.2, 0.25) is 0 Å². The lowest BCUT2D eigenvalue weighted by Crippen LogP contribution is -2.44. The fourth-order valence-electron chi connectivity index (χ4n) is 2.47. The van der Waals surface area contributed by atoms with Gasteiger partial charge in [-0.25, -0.2) is 0 Å². The van der Waals surface area contributed by atoms with Crippen molar-refractivity contribution in [3.8, 4) is 5.75 Å². The average molecular weight is 395 g/mol. The molecule has 2 rings (SSSR count). The maximum absolute atomic E-state index is 12.2. The van der Waals surface area contributed by atoms with Crippen molar-refractivity contribution in [1.29, 1.82) is 0 Å². The van der Waals surface area contributed by atoms with Gasteiger partial charge in [0, 0.05) is 25.2 Å². The topological polar surface area (TPSA) is 96.5 Å². The Balaban J connectivity index is 1.79. The number of hydrogen-bond acceptors (Lipinski definition) is 4. The number of nitrogens with one attached hydrogen (secondary N) is 3. The van der Waals surface area contributed by atoms with Gasteiger partial charge >= 0.3 is 0 Å². The van der Waals surface area contributed by atoms with Gasteiger partial charge in [0.15, 0.2) is 0 Å². The van der Waals surface area contributed by atoms with Crippen molar-refractivity contribution in [3.63, 3.8) is 0 Å². The summed E-state index contributed by atoms with van der Waals surface area (Å²) in [6, 6.07) is 13.7. The van der Waals surface area contributed by atoms with E-state index in [0.717, 1.165) is 16.9 Å². The van der Waals surface area contributed by atoms with Crippen LogP contribution in [0.25, 0.3) is 6.08 Å². The predicted molar refractivity (Wildman–Crippen MR) is 112 cm³/mol. The number of amides is 3. The number of carbonyl (C=O) groups excluding carboxylic acids is 3. The number of rotatable bonds is 8. The number of benzene rings is 2. The normalized spacial score (nSPS) is 11.6. The summed E-state index contributed by atoms with van der Waals surface area (Å²) in [5.41, 5.74) is 2.42. The molecule has 7 heteroatoms. The fourth-order valence-corrected chi connectivity index (χ4v) is 2.47. The number of anilines is 1. The van der Waals surface area contributed by atoms with E-state index in [9.17, 15) is 14.4 Å². The standard InChI is InChI=1S/C22H25N3O4/c1-15(24-21(27)13-8-17-6-11-20(29-3)12-7-17)22(28)23-14-18-4-9-19(10-5-18)25-16(2)26/h4-13,15H,14H2,1-3H3,(H,23,28)(H,24,27)(H,25,26)/b13-8+. The van der Waals surface area contributed by atoms with Crippen LogP contribution in [-0.2, 0) is 20.9 Å². The van der Waals surface area contributed by atoms with Gasteiger partial charge in [-0.3, -0.25) is 14.4 Å². The molecule has 1 unspecified atom stereocenters. The molecule has 0 fully saturated rings. The lowest BCUT2D eigenvalue weighted by molar-refractivity contribution is -0.126. The summed E-state index contributed by atoms with van der Waals surface area (Å²) in [7, 11) is 1.59. The Hall–Kier alpha value is -3.61.